The maximum atomic E-state index is 9.65. The monoisotopic (exact) mass is 128 g/mol. The van der Waals surface area contributed by atoms with Gasteiger partial charge in [0.1, 0.15) is 0 Å². The van der Waals surface area contributed by atoms with Crippen molar-refractivity contribution in [2.24, 2.45) is 0 Å². The summed E-state index contributed by atoms with van der Waals surface area (Å²) in [6, 6.07) is 0. The molecule has 4 nitrogen and oxygen atoms in total. The second-order valence-corrected chi connectivity index (χ2v) is 0.766. The van der Waals surface area contributed by atoms with Crippen LogP contribution in [0, 0.1) is 0 Å². The van der Waals surface area contributed by atoms with E-state index < -0.39 is 6.16 Å². The Balaban J connectivity index is 0. The quantitative estimate of drug-likeness (QED) is 0.159. The molecule has 0 amide bonds. The van der Waals surface area contributed by atoms with Gasteiger partial charge in [0.25, 0.3) is 0 Å². The molecule has 0 aromatic rings. The number of hydrogen-bond donors (Lipinski definition) is 0. The van der Waals surface area contributed by atoms with Crippen LogP contribution in [0.3, 0.4) is 0 Å². The standard InChI is InChI=1S/C3H6O4.Na/c1-2-6-3(4)7-5;/h5H,2H2,1H3;/q;+1/p-1. The molecule has 0 aliphatic carbocycles. The van der Waals surface area contributed by atoms with E-state index in [2.05, 4.69) is 9.62 Å². The minimum atomic E-state index is -1.18. The van der Waals surface area contributed by atoms with Crippen LogP contribution in [0.4, 0.5) is 4.79 Å². The molecular weight excluding hydrogens is 123 g/mol. The van der Waals surface area contributed by atoms with Gasteiger partial charge in [-0.3, -0.25) is 0 Å². The Morgan fingerprint density at radius 2 is 2.25 bits per heavy atom. The van der Waals surface area contributed by atoms with E-state index in [4.69, 9.17) is 5.26 Å². The van der Waals surface area contributed by atoms with Gasteiger partial charge in [0.15, 0.2) is 0 Å². The molecule has 0 aliphatic rings. The van der Waals surface area contributed by atoms with Gasteiger partial charge in [-0.2, -0.15) is 0 Å². The molecule has 0 aromatic heterocycles. The second kappa shape index (κ2) is 7.23. The molecule has 8 heavy (non-hydrogen) atoms. The number of carbonyl (C=O) groups excluding carboxylic acids is 1. The number of hydrogen-bond acceptors (Lipinski definition) is 4. The van der Waals surface area contributed by atoms with E-state index in [1.165, 1.54) is 0 Å². The third kappa shape index (κ3) is 6.23. The van der Waals surface area contributed by atoms with Crippen LogP contribution in [0.1, 0.15) is 6.92 Å². The molecule has 0 saturated carbocycles. The van der Waals surface area contributed by atoms with Gasteiger partial charge in [-0.1, -0.05) is 0 Å². The predicted octanol–water partition coefficient (Wildman–Crippen LogP) is -3.56. The van der Waals surface area contributed by atoms with Crippen molar-refractivity contribution in [1.82, 2.24) is 0 Å². The average molecular weight is 128 g/mol. The van der Waals surface area contributed by atoms with Gasteiger partial charge >= 0.3 is 35.7 Å². The van der Waals surface area contributed by atoms with Gasteiger partial charge in [-0.15, -0.1) is 0 Å². The molecule has 0 bridgehead atoms. The van der Waals surface area contributed by atoms with Crippen molar-refractivity contribution < 1.29 is 49.2 Å². The maximum Gasteiger partial charge on any atom is 1.00 e. The Bertz CT molecular complexity index is 64.3. The smallest absolute Gasteiger partial charge is 0.659 e. The Morgan fingerprint density at radius 3 is 2.38 bits per heavy atom. The average Bonchev–Trinajstić information content (AvgIpc) is 1.68. The van der Waals surface area contributed by atoms with Crippen molar-refractivity contribution >= 4 is 6.16 Å². The first-order chi connectivity index (χ1) is 3.31. The normalized spacial score (nSPS) is 6.75. The summed E-state index contributed by atoms with van der Waals surface area (Å²) in [6.45, 7) is 1.75. The fourth-order valence-electron chi connectivity index (χ4n) is 0.142. The van der Waals surface area contributed by atoms with Gasteiger partial charge in [0, 0.05) is 0 Å². The molecule has 0 heterocycles. The molecular formula is C3H5NaO4. The van der Waals surface area contributed by atoms with Crippen LogP contribution in [-0.4, -0.2) is 12.8 Å². The maximum absolute atomic E-state index is 9.65. The summed E-state index contributed by atoms with van der Waals surface area (Å²) in [5, 5.41) is 9.05. The van der Waals surface area contributed by atoms with Gasteiger partial charge in [0.2, 0.25) is 0 Å². The van der Waals surface area contributed by atoms with Crippen molar-refractivity contribution in [3.05, 3.63) is 0 Å². The topological polar surface area (TPSA) is 58.6 Å². The zero-order chi connectivity index (χ0) is 5.70. The van der Waals surface area contributed by atoms with Crippen molar-refractivity contribution in [2.75, 3.05) is 6.61 Å². The van der Waals surface area contributed by atoms with E-state index >= 15 is 0 Å². The molecule has 0 rings (SSSR count). The number of rotatable bonds is 1. The predicted molar refractivity (Wildman–Crippen MR) is 18.1 cm³/mol. The van der Waals surface area contributed by atoms with Crippen LogP contribution < -0.4 is 34.8 Å². The zero-order valence-electron chi connectivity index (χ0n) is 4.84. The summed E-state index contributed by atoms with van der Waals surface area (Å²) >= 11 is 0. The van der Waals surface area contributed by atoms with Crippen molar-refractivity contribution in [3.8, 4) is 0 Å². The number of carbonyl (C=O) groups is 1. The Labute approximate surface area is 69.0 Å². The summed E-state index contributed by atoms with van der Waals surface area (Å²) in [6.07, 6.45) is -1.18. The SMILES string of the molecule is CCOC(=O)O[O-].[Na+]. The van der Waals surface area contributed by atoms with Crippen LogP contribution in [0.15, 0.2) is 0 Å². The van der Waals surface area contributed by atoms with E-state index in [1.54, 1.807) is 6.92 Å². The molecule has 0 radical (unpaired) electrons. The Kier molecular flexibility index (Phi) is 10.0. The number of ether oxygens (including phenoxy) is 1. The minimum absolute atomic E-state index is 0. The largest absolute Gasteiger partial charge is 1.00 e. The summed E-state index contributed by atoms with van der Waals surface area (Å²) < 4.78 is 4.02. The van der Waals surface area contributed by atoms with Gasteiger partial charge in [-0.25, -0.2) is 4.79 Å². The molecule has 0 N–H and O–H groups in total. The van der Waals surface area contributed by atoms with Crippen molar-refractivity contribution in [2.45, 2.75) is 6.92 Å². The van der Waals surface area contributed by atoms with E-state index in [9.17, 15) is 4.79 Å². The molecule has 0 spiro atoms. The minimum Gasteiger partial charge on any atom is -0.659 e. The van der Waals surface area contributed by atoms with E-state index in [0.29, 0.717) is 0 Å². The molecule has 5 heteroatoms. The molecule has 0 saturated heterocycles. The van der Waals surface area contributed by atoms with Crippen molar-refractivity contribution in [1.29, 1.82) is 0 Å². The van der Waals surface area contributed by atoms with E-state index in [-0.39, 0.29) is 36.2 Å². The van der Waals surface area contributed by atoms with Crippen LogP contribution in [-0.2, 0) is 9.62 Å². The van der Waals surface area contributed by atoms with E-state index in [0.717, 1.165) is 0 Å². The molecule has 0 aromatic carbocycles. The fraction of sp³-hybridized carbons (Fsp3) is 0.667. The molecule has 0 fully saturated rings. The Morgan fingerprint density at radius 1 is 1.75 bits per heavy atom. The van der Waals surface area contributed by atoms with Gasteiger partial charge < -0.3 is 14.9 Å². The van der Waals surface area contributed by atoms with Crippen LogP contribution in [0.25, 0.3) is 0 Å². The first kappa shape index (κ1) is 11.1. The van der Waals surface area contributed by atoms with Crippen LogP contribution >= 0.6 is 0 Å². The first-order valence-corrected chi connectivity index (χ1v) is 1.77. The first-order valence-electron chi connectivity index (χ1n) is 1.77. The fourth-order valence-corrected chi connectivity index (χ4v) is 0.142. The molecule has 0 aliphatic heterocycles. The summed E-state index contributed by atoms with van der Waals surface area (Å²) in [5.74, 6) is 0. The third-order valence-electron chi connectivity index (χ3n) is 0.330. The molecule has 0 unspecified atom stereocenters. The van der Waals surface area contributed by atoms with Crippen LogP contribution in [0.5, 0.6) is 0 Å². The van der Waals surface area contributed by atoms with E-state index in [1.807, 2.05) is 0 Å². The summed E-state index contributed by atoms with van der Waals surface area (Å²) in [5.41, 5.74) is 0. The third-order valence-corrected chi connectivity index (χ3v) is 0.330. The van der Waals surface area contributed by atoms with Crippen molar-refractivity contribution in [3.63, 3.8) is 0 Å². The molecule has 42 valence electrons. The summed E-state index contributed by atoms with van der Waals surface area (Å²) in [7, 11) is 0. The van der Waals surface area contributed by atoms with Gasteiger partial charge in [0.05, 0.1) is 6.61 Å². The second-order valence-electron chi connectivity index (χ2n) is 0.766. The zero-order valence-corrected chi connectivity index (χ0v) is 6.84. The molecule has 0 atom stereocenters. The van der Waals surface area contributed by atoms with Gasteiger partial charge in [-0.05, 0) is 6.92 Å². The Hall–Kier alpha value is 0.230. The van der Waals surface area contributed by atoms with Crippen LogP contribution in [0.2, 0.25) is 0 Å². The summed E-state index contributed by atoms with van der Waals surface area (Å²) in [4.78, 5) is 12.5.